The molecule has 5 heteroatoms. The summed E-state index contributed by atoms with van der Waals surface area (Å²) in [5.74, 6) is -1.32. The molecule has 1 amide bonds. The maximum Gasteiger partial charge on any atom is 0.335 e. The van der Waals surface area contributed by atoms with E-state index in [0.717, 1.165) is 12.0 Å². The van der Waals surface area contributed by atoms with E-state index in [9.17, 15) is 9.59 Å². The summed E-state index contributed by atoms with van der Waals surface area (Å²) in [5.41, 5.74) is 1.21. The van der Waals surface area contributed by atoms with Gasteiger partial charge in [0.1, 0.15) is 0 Å². The first kappa shape index (κ1) is 15.2. The molecule has 0 aromatic heterocycles. The highest BCUT2D eigenvalue weighted by Gasteiger charge is 2.14. The molecule has 0 fully saturated rings. The number of aromatic carboxylic acids is 1. The van der Waals surface area contributed by atoms with Crippen molar-refractivity contribution in [3.63, 3.8) is 0 Å². The van der Waals surface area contributed by atoms with E-state index < -0.39 is 5.97 Å². The van der Waals surface area contributed by atoms with Gasteiger partial charge in [-0.15, -0.1) is 0 Å². The molecule has 1 aromatic rings. The first-order valence-electron chi connectivity index (χ1n) is 6.12. The molecule has 1 atom stereocenters. The van der Waals surface area contributed by atoms with Crippen molar-refractivity contribution in [3.05, 3.63) is 34.9 Å². The Balaban J connectivity index is 2.90. The fourth-order valence-electron chi connectivity index (χ4n) is 1.77. The maximum atomic E-state index is 12.1. The lowest BCUT2D eigenvalue weighted by atomic mass is 10.1. The molecule has 0 aliphatic rings. The van der Waals surface area contributed by atoms with E-state index in [0.29, 0.717) is 12.2 Å². The summed E-state index contributed by atoms with van der Waals surface area (Å²) >= 11 is 0. The fourth-order valence-corrected chi connectivity index (χ4v) is 1.77. The molecule has 0 bridgehead atoms. The lowest BCUT2D eigenvalue weighted by Crippen LogP contribution is -2.37. The van der Waals surface area contributed by atoms with Crippen molar-refractivity contribution < 1.29 is 19.4 Å². The monoisotopic (exact) mass is 265 g/mol. The van der Waals surface area contributed by atoms with E-state index in [1.54, 1.807) is 20.1 Å². The number of hydrogen-bond acceptors (Lipinski definition) is 3. The molecule has 19 heavy (non-hydrogen) atoms. The van der Waals surface area contributed by atoms with Crippen LogP contribution in [-0.2, 0) is 4.74 Å². The molecule has 0 aliphatic carbocycles. The predicted molar refractivity (Wildman–Crippen MR) is 71.6 cm³/mol. The smallest absolute Gasteiger partial charge is 0.335 e. The second-order valence-corrected chi connectivity index (χ2v) is 4.43. The van der Waals surface area contributed by atoms with Gasteiger partial charge in [0.25, 0.3) is 5.91 Å². The van der Waals surface area contributed by atoms with Crippen LogP contribution in [0.4, 0.5) is 0 Å². The molecule has 0 aliphatic heterocycles. The van der Waals surface area contributed by atoms with Gasteiger partial charge in [0.05, 0.1) is 18.2 Å². The fraction of sp³-hybridized carbons (Fsp3) is 0.429. The van der Waals surface area contributed by atoms with E-state index in [1.165, 1.54) is 12.1 Å². The van der Waals surface area contributed by atoms with Crippen LogP contribution in [0.3, 0.4) is 0 Å². The zero-order valence-corrected chi connectivity index (χ0v) is 11.4. The molecule has 2 N–H and O–H groups in total. The third-order valence-electron chi connectivity index (χ3n) is 2.78. The molecular formula is C14H19NO4. The number of nitrogens with one attached hydrogen (secondary N) is 1. The Morgan fingerprint density at radius 1 is 1.32 bits per heavy atom. The van der Waals surface area contributed by atoms with Crippen LogP contribution >= 0.6 is 0 Å². The number of carbonyl (C=O) groups excluding carboxylic acids is 1. The van der Waals surface area contributed by atoms with Crippen LogP contribution in [0, 0.1) is 6.92 Å². The normalized spacial score (nSPS) is 11.9. The summed E-state index contributed by atoms with van der Waals surface area (Å²) in [7, 11) is 1.57. The SMILES string of the molecule is CCC(COC)NC(=O)c1cc(C)cc(C(=O)O)c1. The molecule has 0 radical (unpaired) electrons. The molecule has 0 heterocycles. The molecule has 0 saturated heterocycles. The number of hydrogen-bond donors (Lipinski definition) is 2. The predicted octanol–water partition coefficient (Wildman–Crippen LogP) is 1.85. The van der Waals surface area contributed by atoms with Crippen molar-refractivity contribution in [1.82, 2.24) is 5.32 Å². The van der Waals surface area contributed by atoms with E-state index in [4.69, 9.17) is 9.84 Å². The van der Waals surface area contributed by atoms with Gasteiger partial charge >= 0.3 is 5.97 Å². The Hall–Kier alpha value is -1.88. The van der Waals surface area contributed by atoms with Gasteiger partial charge < -0.3 is 15.2 Å². The van der Waals surface area contributed by atoms with Crippen molar-refractivity contribution in [3.8, 4) is 0 Å². The van der Waals surface area contributed by atoms with Crippen LogP contribution in [0.5, 0.6) is 0 Å². The molecule has 1 rings (SSSR count). The first-order chi connectivity index (χ1) is 8.97. The van der Waals surface area contributed by atoms with Crippen molar-refractivity contribution >= 4 is 11.9 Å². The van der Waals surface area contributed by atoms with Gasteiger partial charge in [0.2, 0.25) is 0 Å². The Labute approximate surface area is 112 Å². The standard InChI is InChI=1S/C14H19NO4/c1-4-12(8-19-3)15-13(16)10-5-9(2)6-11(7-10)14(17)18/h5-7,12H,4,8H2,1-3H3,(H,15,16)(H,17,18). The van der Waals surface area contributed by atoms with Crippen LogP contribution < -0.4 is 5.32 Å². The van der Waals surface area contributed by atoms with Gasteiger partial charge in [-0.2, -0.15) is 0 Å². The van der Waals surface area contributed by atoms with Crippen LogP contribution in [0.25, 0.3) is 0 Å². The summed E-state index contributed by atoms with van der Waals surface area (Å²) < 4.78 is 5.01. The molecule has 0 saturated carbocycles. The average Bonchev–Trinajstić information content (AvgIpc) is 2.37. The molecule has 1 unspecified atom stereocenters. The van der Waals surface area contributed by atoms with Gasteiger partial charge in [-0.1, -0.05) is 6.92 Å². The van der Waals surface area contributed by atoms with Gasteiger partial charge in [-0.05, 0) is 37.1 Å². The molecule has 0 spiro atoms. The number of carboxylic acid groups (broad SMARTS) is 1. The largest absolute Gasteiger partial charge is 0.478 e. The van der Waals surface area contributed by atoms with E-state index >= 15 is 0 Å². The number of rotatable bonds is 6. The van der Waals surface area contributed by atoms with Crippen LogP contribution in [-0.4, -0.2) is 36.7 Å². The Bertz CT molecular complexity index is 471. The summed E-state index contributed by atoms with van der Waals surface area (Å²) in [6.07, 6.45) is 0.747. The van der Waals surface area contributed by atoms with E-state index in [1.807, 2.05) is 6.92 Å². The minimum Gasteiger partial charge on any atom is -0.478 e. The van der Waals surface area contributed by atoms with Crippen molar-refractivity contribution in [2.45, 2.75) is 26.3 Å². The highest BCUT2D eigenvalue weighted by molar-refractivity contribution is 5.97. The Kier molecular flexibility index (Phi) is 5.51. The third kappa shape index (κ3) is 4.37. The first-order valence-corrected chi connectivity index (χ1v) is 6.12. The number of carboxylic acids is 1. The zero-order valence-electron chi connectivity index (χ0n) is 11.4. The van der Waals surface area contributed by atoms with Gasteiger partial charge in [0.15, 0.2) is 0 Å². The van der Waals surface area contributed by atoms with Crippen molar-refractivity contribution in [1.29, 1.82) is 0 Å². The van der Waals surface area contributed by atoms with Gasteiger partial charge in [0, 0.05) is 12.7 Å². The second-order valence-electron chi connectivity index (χ2n) is 4.43. The maximum absolute atomic E-state index is 12.1. The third-order valence-corrected chi connectivity index (χ3v) is 2.78. The molecule has 104 valence electrons. The number of aryl methyl sites for hydroxylation is 1. The summed E-state index contributed by atoms with van der Waals surface area (Å²) in [4.78, 5) is 23.0. The average molecular weight is 265 g/mol. The summed E-state index contributed by atoms with van der Waals surface area (Å²) in [6, 6.07) is 4.50. The van der Waals surface area contributed by atoms with Crippen LogP contribution in [0.1, 0.15) is 39.6 Å². The minimum atomic E-state index is -1.04. The lowest BCUT2D eigenvalue weighted by molar-refractivity contribution is 0.0696. The van der Waals surface area contributed by atoms with Gasteiger partial charge in [-0.3, -0.25) is 4.79 Å². The number of amides is 1. The zero-order chi connectivity index (χ0) is 14.4. The highest BCUT2D eigenvalue weighted by atomic mass is 16.5. The topological polar surface area (TPSA) is 75.6 Å². The Morgan fingerprint density at radius 3 is 2.47 bits per heavy atom. The van der Waals surface area contributed by atoms with Gasteiger partial charge in [-0.25, -0.2) is 4.79 Å². The van der Waals surface area contributed by atoms with Crippen molar-refractivity contribution in [2.75, 3.05) is 13.7 Å². The quantitative estimate of drug-likeness (QED) is 0.823. The Morgan fingerprint density at radius 2 is 1.95 bits per heavy atom. The number of benzene rings is 1. The number of methoxy groups -OCH3 is 1. The molecule has 5 nitrogen and oxygen atoms in total. The minimum absolute atomic E-state index is 0.0775. The lowest BCUT2D eigenvalue weighted by Gasteiger charge is -2.16. The number of carbonyl (C=O) groups is 2. The van der Waals surface area contributed by atoms with E-state index in [2.05, 4.69) is 5.32 Å². The van der Waals surface area contributed by atoms with E-state index in [-0.39, 0.29) is 17.5 Å². The highest BCUT2D eigenvalue weighted by Crippen LogP contribution is 2.10. The van der Waals surface area contributed by atoms with Crippen molar-refractivity contribution in [2.24, 2.45) is 0 Å². The summed E-state index contributed by atoms with van der Waals surface area (Å²) in [6.45, 7) is 4.14. The second kappa shape index (κ2) is 6.89. The van der Waals surface area contributed by atoms with Crippen LogP contribution in [0.15, 0.2) is 18.2 Å². The summed E-state index contributed by atoms with van der Waals surface area (Å²) in [5, 5.41) is 11.8. The van der Waals surface area contributed by atoms with Crippen LogP contribution in [0.2, 0.25) is 0 Å². The molecular weight excluding hydrogens is 246 g/mol. The number of ether oxygens (including phenoxy) is 1. The molecule has 1 aromatic carbocycles.